The summed E-state index contributed by atoms with van der Waals surface area (Å²) >= 11 is 4.89. The number of aliphatic hydroxyl groups excluding tert-OH is 1. The second-order valence-electron chi connectivity index (χ2n) is 3.18. The zero-order valence-corrected chi connectivity index (χ0v) is 9.46. The van der Waals surface area contributed by atoms with Gasteiger partial charge in [-0.1, -0.05) is 37.3 Å². The first-order chi connectivity index (χ1) is 7.19. The van der Waals surface area contributed by atoms with Crippen LogP contribution in [0.25, 0.3) is 0 Å². The van der Waals surface area contributed by atoms with E-state index in [1.54, 1.807) is 6.07 Å². The predicted molar refractivity (Wildman–Crippen MR) is 63.9 cm³/mol. The van der Waals surface area contributed by atoms with Crippen LogP contribution in [-0.2, 0) is 6.61 Å². The Labute approximate surface area is 94.9 Å². The third-order valence-electron chi connectivity index (χ3n) is 2.10. The molecule has 3 nitrogen and oxygen atoms in total. The van der Waals surface area contributed by atoms with Crippen LogP contribution in [0.3, 0.4) is 0 Å². The van der Waals surface area contributed by atoms with E-state index < -0.39 is 0 Å². The minimum atomic E-state index is -0.271. The topological polar surface area (TPSA) is 55.5 Å². The van der Waals surface area contributed by atoms with Gasteiger partial charge in [-0.25, -0.2) is 0 Å². The van der Waals surface area contributed by atoms with E-state index in [9.17, 15) is 0 Å². The maximum absolute atomic E-state index is 9.10. The minimum Gasteiger partial charge on any atom is -0.483 e. The summed E-state index contributed by atoms with van der Waals surface area (Å²) in [4.78, 5) is 0.338. The molecule has 1 atom stereocenters. The standard InChI is InChI=1S/C11H15NO2S/c1-2-9(11(12)15)14-10-6-4-3-5-8(10)7-13/h3-6,9,13H,2,7H2,1H3,(H2,12,15). The zero-order valence-electron chi connectivity index (χ0n) is 8.64. The van der Waals surface area contributed by atoms with Crippen molar-refractivity contribution >= 4 is 17.2 Å². The van der Waals surface area contributed by atoms with Crippen molar-refractivity contribution in [2.45, 2.75) is 26.1 Å². The summed E-state index contributed by atoms with van der Waals surface area (Å²) in [6.45, 7) is 1.90. The van der Waals surface area contributed by atoms with E-state index in [0.29, 0.717) is 10.7 Å². The average Bonchev–Trinajstić information content (AvgIpc) is 2.25. The number of hydrogen-bond donors (Lipinski definition) is 2. The maximum Gasteiger partial charge on any atom is 0.148 e. The molecule has 0 saturated heterocycles. The van der Waals surface area contributed by atoms with Gasteiger partial charge in [0.05, 0.1) is 6.61 Å². The van der Waals surface area contributed by atoms with Gasteiger partial charge in [0.2, 0.25) is 0 Å². The number of nitrogens with two attached hydrogens (primary N) is 1. The van der Waals surface area contributed by atoms with E-state index in [0.717, 1.165) is 12.0 Å². The summed E-state index contributed by atoms with van der Waals surface area (Å²) < 4.78 is 5.62. The van der Waals surface area contributed by atoms with E-state index in [2.05, 4.69) is 0 Å². The van der Waals surface area contributed by atoms with Gasteiger partial charge in [-0.3, -0.25) is 0 Å². The Morgan fingerprint density at radius 2 is 2.20 bits per heavy atom. The summed E-state index contributed by atoms with van der Waals surface area (Å²) in [5.74, 6) is 0.639. The van der Waals surface area contributed by atoms with E-state index in [-0.39, 0.29) is 12.7 Å². The van der Waals surface area contributed by atoms with Crippen molar-refractivity contribution in [1.29, 1.82) is 0 Å². The highest BCUT2D eigenvalue weighted by Crippen LogP contribution is 2.19. The highest BCUT2D eigenvalue weighted by Gasteiger charge is 2.12. The largest absolute Gasteiger partial charge is 0.483 e. The lowest BCUT2D eigenvalue weighted by Gasteiger charge is -2.17. The molecule has 82 valence electrons. The quantitative estimate of drug-likeness (QED) is 0.748. The third kappa shape index (κ3) is 3.18. The first-order valence-corrected chi connectivity index (χ1v) is 5.24. The second kappa shape index (κ2) is 5.68. The van der Waals surface area contributed by atoms with Crippen LogP contribution in [0.5, 0.6) is 5.75 Å². The Kier molecular flexibility index (Phi) is 4.52. The van der Waals surface area contributed by atoms with Gasteiger partial charge in [-0.05, 0) is 12.5 Å². The molecule has 0 amide bonds. The summed E-state index contributed by atoms with van der Waals surface area (Å²) in [6, 6.07) is 7.30. The van der Waals surface area contributed by atoms with Crippen LogP contribution in [0.1, 0.15) is 18.9 Å². The zero-order chi connectivity index (χ0) is 11.3. The number of hydrogen-bond acceptors (Lipinski definition) is 3. The number of ether oxygens (including phenoxy) is 1. The lowest BCUT2D eigenvalue weighted by molar-refractivity contribution is 0.240. The smallest absolute Gasteiger partial charge is 0.148 e. The predicted octanol–water partition coefficient (Wildman–Crippen LogP) is 1.62. The van der Waals surface area contributed by atoms with E-state index >= 15 is 0 Å². The lowest BCUT2D eigenvalue weighted by Crippen LogP contribution is -2.31. The van der Waals surface area contributed by atoms with Crippen LogP contribution >= 0.6 is 12.2 Å². The maximum atomic E-state index is 9.10. The fourth-order valence-corrected chi connectivity index (χ4v) is 1.46. The van der Waals surface area contributed by atoms with Crippen molar-refractivity contribution in [2.75, 3.05) is 0 Å². The Balaban J connectivity index is 2.82. The molecule has 0 heterocycles. The Bertz CT molecular complexity index is 341. The van der Waals surface area contributed by atoms with Gasteiger partial charge in [0, 0.05) is 5.56 Å². The molecule has 3 N–H and O–H groups in total. The summed E-state index contributed by atoms with van der Waals surface area (Å²) in [7, 11) is 0. The molecule has 0 aromatic heterocycles. The Morgan fingerprint density at radius 1 is 1.53 bits per heavy atom. The number of benzene rings is 1. The first kappa shape index (κ1) is 11.9. The van der Waals surface area contributed by atoms with Gasteiger partial charge >= 0.3 is 0 Å². The number of aliphatic hydroxyl groups is 1. The first-order valence-electron chi connectivity index (χ1n) is 4.83. The second-order valence-corrected chi connectivity index (χ2v) is 3.65. The third-order valence-corrected chi connectivity index (χ3v) is 2.36. The summed E-state index contributed by atoms with van der Waals surface area (Å²) in [6.07, 6.45) is 0.447. The van der Waals surface area contributed by atoms with Crippen LogP contribution < -0.4 is 10.5 Å². The van der Waals surface area contributed by atoms with Crippen LogP contribution in [0.4, 0.5) is 0 Å². The van der Waals surface area contributed by atoms with Crippen molar-refractivity contribution in [3.8, 4) is 5.75 Å². The molecule has 0 bridgehead atoms. The molecule has 1 unspecified atom stereocenters. The van der Waals surface area contributed by atoms with Crippen LogP contribution in [0, 0.1) is 0 Å². The Hall–Kier alpha value is -1.13. The van der Waals surface area contributed by atoms with Crippen molar-refractivity contribution in [2.24, 2.45) is 5.73 Å². The number of thiocarbonyl (C=S) groups is 1. The lowest BCUT2D eigenvalue weighted by atomic mass is 10.2. The van der Waals surface area contributed by atoms with Gasteiger partial charge in [-0.2, -0.15) is 0 Å². The molecular formula is C11H15NO2S. The molecule has 0 aliphatic rings. The Morgan fingerprint density at radius 3 is 2.73 bits per heavy atom. The summed E-state index contributed by atoms with van der Waals surface area (Å²) in [5.41, 5.74) is 6.27. The average molecular weight is 225 g/mol. The van der Waals surface area contributed by atoms with E-state index in [4.69, 9.17) is 27.8 Å². The fourth-order valence-electron chi connectivity index (χ4n) is 1.25. The molecule has 1 aromatic carbocycles. The molecule has 15 heavy (non-hydrogen) atoms. The van der Waals surface area contributed by atoms with Crippen LogP contribution in [-0.4, -0.2) is 16.2 Å². The summed E-state index contributed by atoms with van der Waals surface area (Å²) in [5, 5.41) is 9.10. The van der Waals surface area contributed by atoms with Crippen molar-refractivity contribution in [3.63, 3.8) is 0 Å². The van der Waals surface area contributed by atoms with Gasteiger partial charge in [0.15, 0.2) is 0 Å². The molecule has 0 saturated carbocycles. The molecule has 0 spiro atoms. The van der Waals surface area contributed by atoms with Crippen molar-refractivity contribution in [3.05, 3.63) is 29.8 Å². The van der Waals surface area contributed by atoms with Crippen molar-refractivity contribution < 1.29 is 9.84 Å². The van der Waals surface area contributed by atoms with Crippen LogP contribution in [0.15, 0.2) is 24.3 Å². The van der Waals surface area contributed by atoms with Gasteiger partial charge < -0.3 is 15.6 Å². The number of para-hydroxylation sites is 1. The van der Waals surface area contributed by atoms with E-state index in [1.165, 1.54) is 0 Å². The van der Waals surface area contributed by atoms with Gasteiger partial charge in [-0.15, -0.1) is 0 Å². The molecule has 1 aromatic rings. The highest BCUT2D eigenvalue weighted by atomic mass is 32.1. The monoisotopic (exact) mass is 225 g/mol. The fraction of sp³-hybridized carbons (Fsp3) is 0.364. The molecule has 0 radical (unpaired) electrons. The van der Waals surface area contributed by atoms with E-state index in [1.807, 2.05) is 25.1 Å². The minimum absolute atomic E-state index is 0.0516. The molecule has 0 aliphatic carbocycles. The van der Waals surface area contributed by atoms with Crippen molar-refractivity contribution in [1.82, 2.24) is 0 Å². The molecular weight excluding hydrogens is 210 g/mol. The molecule has 0 fully saturated rings. The van der Waals surface area contributed by atoms with Gasteiger partial charge in [0.25, 0.3) is 0 Å². The number of rotatable bonds is 5. The van der Waals surface area contributed by atoms with Crippen LogP contribution in [0.2, 0.25) is 0 Å². The van der Waals surface area contributed by atoms with Gasteiger partial charge in [0.1, 0.15) is 16.8 Å². The SMILES string of the molecule is CCC(Oc1ccccc1CO)C(N)=S. The molecule has 4 heteroatoms. The molecule has 1 rings (SSSR count). The normalized spacial score (nSPS) is 12.1. The highest BCUT2D eigenvalue weighted by molar-refractivity contribution is 7.80. The molecule has 0 aliphatic heterocycles.